The monoisotopic (exact) mass is 302 g/mol. The van der Waals surface area contributed by atoms with E-state index in [0.29, 0.717) is 25.1 Å². The molecule has 1 heterocycles. The van der Waals surface area contributed by atoms with E-state index in [9.17, 15) is 8.78 Å². The van der Waals surface area contributed by atoms with E-state index in [-0.39, 0.29) is 17.7 Å². The maximum absolute atomic E-state index is 13.5. The molecule has 1 N–H and O–H groups in total. The van der Waals surface area contributed by atoms with E-state index >= 15 is 0 Å². The molecule has 0 fully saturated rings. The van der Waals surface area contributed by atoms with Crippen molar-refractivity contribution in [3.63, 3.8) is 0 Å². The van der Waals surface area contributed by atoms with Crippen molar-refractivity contribution in [1.82, 2.24) is 5.32 Å². The van der Waals surface area contributed by atoms with Crippen LogP contribution >= 0.6 is 0 Å². The predicted octanol–water partition coefficient (Wildman–Crippen LogP) is 3.25. The van der Waals surface area contributed by atoms with Crippen LogP contribution in [-0.2, 0) is 11.4 Å². The fourth-order valence-electron chi connectivity index (χ4n) is 2.39. The zero-order chi connectivity index (χ0) is 15.4. The number of halogens is 2. The summed E-state index contributed by atoms with van der Waals surface area (Å²) in [6, 6.07) is 12.9. The van der Waals surface area contributed by atoms with E-state index in [4.69, 9.17) is 4.84 Å². The number of hydrogen-bond acceptors (Lipinski definition) is 3. The summed E-state index contributed by atoms with van der Waals surface area (Å²) in [4.78, 5) is 5.34. The molecular weight excluding hydrogens is 286 g/mol. The molecule has 0 saturated carbocycles. The highest BCUT2D eigenvalue weighted by molar-refractivity contribution is 6.01. The molecule has 2 aromatic carbocycles. The van der Waals surface area contributed by atoms with E-state index in [0.717, 1.165) is 11.3 Å². The molecule has 0 amide bonds. The van der Waals surface area contributed by atoms with Gasteiger partial charge in [0.05, 0.1) is 5.71 Å². The first-order chi connectivity index (χ1) is 10.7. The maximum Gasteiger partial charge on any atom is 0.145 e. The van der Waals surface area contributed by atoms with Crippen LogP contribution in [0.5, 0.6) is 0 Å². The summed E-state index contributed by atoms with van der Waals surface area (Å²) < 4.78 is 26.7. The zero-order valence-corrected chi connectivity index (χ0v) is 11.9. The van der Waals surface area contributed by atoms with Gasteiger partial charge in [-0.05, 0) is 18.2 Å². The normalized spacial score (nSPS) is 17.2. The summed E-state index contributed by atoms with van der Waals surface area (Å²) in [6.07, 6.45) is 0.485. The Hall–Kier alpha value is -2.27. The molecule has 0 spiro atoms. The van der Waals surface area contributed by atoms with E-state index < -0.39 is 0 Å². The largest absolute Gasteiger partial charge is 0.390 e. The van der Waals surface area contributed by atoms with Crippen LogP contribution in [0.1, 0.15) is 17.5 Å². The first-order valence-corrected chi connectivity index (χ1v) is 7.15. The summed E-state index contributed by atoms with van der Waals surface area (Å²) in [6.45, 7) is 0.985. The third-order valence-corrected chi connectivity index (χ3v) is 3.54. The average molecular weight is 302 g/mol. The van der Waals surface area contributed by atoms with Crippen molar-refractivity contribution in [1.29, 1.82) is 0 Å². The number of benzene rings is 2. The molecule has 114 valence electrons. The smallest absolute Gasteiger partial charge is 0.145 e. The molecular formula is C17H16F2N2O. The molecule has 1 aliphatic heterocycles. The van der Waals surface area contributed by atoms with Crippen molar-refractivity contribution in [3.8, 4) is 0 Å². The minimum atomic E-state index is -0.290. The lowest BCUT2D eigenvalue weighted by molar-refractivity contribution is 0.0848. The van der Waals surface area contributed by atoms with Crippen LogP contribution in [0.4, 0.5) is 8.78 Å². The topological polar surface area (TPSA) is 33.6 Å². The van der Waals surface area contributed by atoms with Gasteiger partial charge >= 0.3 is 0 Å². The Labute approximate surface area is 127 Å². The Morgan fingerprint density at radius 1 is 1.14 bits per heavy atom. The van der Waals surface area contributed by atoms with E-state index in [2.05, 4.69) is 10.5 Å². The number of hydrogen-bond donors (Lipinski definition) is 1. The molecule has 22 heavy (non-hydrogen) atoms. The second kappa shape index (κ2) is 6.66. The number of rotatable bonds is 5. The SMILES string of the molecule is Fc1cccc(C2=NO[C@@H](CNCc3ccccc3F)C2)c1. The molecule has 3 rings (SSSR count). The third kappa shape index (κ3) is 3.49. The lowest BCUT2D eigenvalue weighted by Gasteiger charge is -2.10. The second-order valence-corrected chi connectivity index (χ2v) is 5.20. The maximum atomic E-state index is 13.5. The number of nitrogens with zero attached hydrogens (tertiary/aromatic N) is 1. The quantitative estimate of drug-likeness (QED) is 0.920. The van der Waals surface area contributed by atoms with Crippen LogP contribution in [0.2, 0.25) is 0 Å². The van der Waals surface area contributed by atoms with Gasteiger partial charge in [-0.3, -0.25) is 0 Å². The molecule has 0 unspecified atom stereocenters. The molecule has 1 atom stereocenters. The van der Waals surface area contributed by atoms with Crippen molar-refractivity contribution in [2.45, 2.75) is 19.1 Å². The van der Waals surface area contributed by atoms with Crippen LogP contribution < -0.4 is 5.32 Å². The van der Waals surface area contributed by atoms with Gasteiger partial charge in [0, 0.05) is 30.6 Å². The van der Waals surface area contributed by atoms with E-state index in [1.54, 1.807) is 30.3 Å². The van der Waals surface area contributed by atoms with Crippen LogP contribution in [0.25, 0.3) is 0 Å². The molecule has 0 radical (unpaired) electrons. The lowest BCUT2D eigenvalue weighted by Crippen LogP contribution is -2.27. The molecule has 3 nitrogen and oxygen atoms in total. The molecule has 0 aliphatic carbocycles. The summed E-state index contributed by atoms with van der Waals surface area (Å²) in [5.74, 6) is -0.514. The lowest BCUT2D eigenvalue weighted by atomic mass is 10.0. The van der Waals surface area contributed by atoms with Crippen molar-refractivity contribution >= 4 is 5.71 Å². The van der Waals surface area contributed by atoms with Crippen molar-refractivity contribution < 1.29 is 13.6 Å². The molecule has 0 saturated heterocycles. The van der Waals surface area contributed by atoms with E-state index in [1.165, 1.54) is 18.2 Å². The Balaban J connectivity index is 1.50. The minimum Gasteiger partial charge on any atom is -0.390 e. The highest BCUT2D eigenvalue weighted by atomic mass is 19.1. The predicted molar refractivity (Wildman–Crippen MR) is 80.5 cm³/mol. The molecule has 0 bridgehead atoms. The number of oxime groups is 1. The van der Waals surface area contributed by atoms with Crippen LogP contribution in [0.3, 0.4) is 0 Å². The molecule has 5 heteroatoms. The van der Waals surface area contributed by atoms with Gasteiger partial charge in [-0.25, -0.2) is 8.78 Å². The number of nitrogens with one attached hydrogen (secondary N) is 1. The van der Waals surface area contributed by atoms with Crippen molar-refractivity contribution in [3.05, 3.63) is 71.3 Å². The molecule has 0 aromatic heterocycles. The fourth-order valence-corrected chi connectivity index (χ4v) is 2.39. The van der Waals surface area contributed by atoms with Crippen molar-refractivity contribution in [2.75, 3.05) is 6.54 Å². The summed E-state index contributed by atoms with van der Waals surface area (Å²) in [5, 5.41) is 7.16. The van der Waals surface area contributed by atoms with Gasteiger partial charge in [-0.15, -0.1) is 0 Å². The van der Waals surface area contributed by atoms with Crippen LogP contribution in [0.15, 0.2) is 53.7 Å². The van der Waals surface area contributed by atoms with Crippen LogP contribution in [-0.4, -0.2) is 18.4 Å². The van der Waals surface area contributed by atoms with Gasteiger partial charge < -0.3 is 10.2 Å². The first-order valence-electron chi connectivity index (χ1n) is 7.15. The summed E-state index contributed by atoms with van der Waals surface area (Å²) >= 11 is 0. The Bertz CT molecular complexity index is 688. The highest BCUT2D eigenvalue weighted by Crippen LogP contribution is 2.17. The van der Waals surface area contributed by atoms with Gasteiger partial charge in [0.15, 0.2) is 0 Å². The first kappa shape index (κ1) is 14.7. The Morgan fingerprint density at radius 2 is 2.00 bits per heavy atom. The standard InChI is InChI=1S/C17H16F2N2O/c18-14-6-3-5-12(8-14)17-9-15(22-21-17)11-20-10-13-4-1-2-7-16(13)19/h1-8,15,20H,9-11H2/t15-/m1/s1. The Morgan fingerprint density at radius 3 is 2.82 bits per heavy atom. The van der Waals surface area contributed by atoms with Gasteiger partial charge in [-0.1, -0.05) is 35.5 Å². The molecule has 2 aromatic rings. The van der Waals surface area contributed by atoms with Gasteiger partial charge in [0.1, 0.15) is 17.7 Å². The molecule has 1 aliphatic rings. The third-order valence-electron chi connectivity index (χ3n) is 3.54. The summed E-state index contributed by atoms with van der Waals surface area (Å²) in [5.41, 5.74) is 2.08. The van der Waals surface area contributed by atoms with Crippen molar-refractivity contribution in [2.24, 2.45) is 5.16 Å². The average Bonchev–Trinajstić information content (AvgIpc) is 2.98. The van der Waals surface area contributed by atoms with Gasteiger partial charge in [-0.2, -0.15) is 0 Å². The second-order valence-electron chi connectivity index (χ2n) is 5.20. The van der Waals surface area contributed by atoms with E-state index in [1.807, 2.05) is 0 Å². The zero-order valence-electron chi connectivity index (χ0n) is 11.9. The minimum absolute atomic E-state index is 0.120. The van der Waals surface area contributed by atoms with Crippen LogP contribution in [0, 0.1) is 11.6 Å². The summed E-state index contributed by atoms with van der Waals surface area (Å²) in [7, 11) is 0. The highest BCUT2D eigenvalue weighted by Gasteiger charge is 2.22. The van der Waals surface area contributed by atoms with Gasteiger partial charge in [0.2, 0.25) is 0 Å². The fraction of sp³-hybridized carbons (Fsp3) is 0.235. The van der Waals surface area contributed by atoms with Gasteiger partial charge in [0.25, 0.3) is 0 Å². The Kier molecular flexibility index (Phi) is 4.44.